The number of carbonyl (C=O) groups is 1. The van der Waals surface area contributed by atoms with Crippen molar-refractivity contribution in [3.8, 4) is 0 Å². The lowest BCUT2D eigenvalue weighted by Gasteiger charge is -2.20. The standard InChI is InChI=1S/C20H22N2O2/c1-15-12-16(8-9-19(15)22-10-3-4-11-22)14-21-18-7-5-6-17(13-18)20(23)24-2/h5-9,12-14H,3-4,10-11H2,1-2H3. The Balaban J connectivity index is 1.77. The lowest BCUT2D eigenvalue weighted by Crippen LogP contribution is -2.18. The number of anilines is 1. The topological polar surface area (TPSA) is 41.9 Å². The van der Waals surface area contributed by atoms with Gasteiger partial charge in [0.15, 0.2) is 0 Å². The summed E-state index contributed by atoms with van der Waals surface area (Å²) in [5.41, 5.74) is 4.88. The van der Waals surface area contributed by atoms with Crippen LogP contribution in [0.3, 0.4) is 0 Å². The summed E-state index contributed by atoms with van der Waals surface area (Å²) in [7, 11) is 1.38. The molecule has 0 N–H and O–H groups in total. The Morgan fingerprint density at radius 2 is 1.96 bits per heavy atom. The van der Waals surface area contributed by atoms with E-state index in [0.717, 1.165) is 24.3 Å². The minimum atomic E-state index is -0.349. The second-order valence-electron chi connectivity index (χ2n) is 6.04. The van der Waals surface area contributed by atoms with Crippen LogP contribution in [0.15, 0.2) is 47.5 Å². The molecule has 0 amide bonds. The number of hydrogen-bond donors (Lipinski definition) is 0. The van der Waals surface area contributed by atoms with Crippen LogP contribution in [0.2, 0.25) is 0 Å². The predicted molar refractivity (Wildman–Crippen MR) is 97.7 cm³/mol. The number of esters is 1. The van der Waals surface area contributed by atoms with E-state index in [1.807, 2.05) is 12.3 Å². The zero-order chi connectivity index (χ0) is 16.9. The van der Waals surface area contributed by atoms with E-state index in [1.54, 1.807) is 18.2 Å². The van der Waals surface area contributed by atoms with Crippen LogP contribution in [0.4, 0.5) is 11.4 Å². The first kappa shape index (κ1) is 16.2. The van der Waals surface area contributed by atoms with Crippen molar-refractivity contribution in [1.29, 1.82) is 0 Å². The number of hydrogen-bond acceptors (Lipinski definition) is 4. The summed E-state index contributed by atoms with van der Waals surface area (Å²) < 4.78 is 4.74. The number of benzene rings is 2. The van der Waals surface area contributed by atoms with Gasteiger partial charge < -0.3 is 9.64 Å². The molecule has 0 atom stereocenters. The van der Waals surface area contributed by atoms with Gasteiger partial charge in [-0.1, -0.05) is 12.1 Å². The summed E-state index contributed by atoms with van der Waals surface area (Å²) in [6.07, 6.45) is 4.38. The van der Waals surface area contributed by atoms with Crippen molar-refractivity contribution < 1.29 is 9.53 Å². The highest BCUT2D eigenvalue weighted by Crippen LogP contribution is 2.25. The number of methoxy groups -OCH3 is 1. The minimum absolute atomic E-state index is 0.349. The maximum atomic E-state index is 11.6. The van der Waals surface area contributed by atoms with Crippen molar-refractivity contribution >= 4 is 23.6 Å². The van der Waals surface area contributed by atoms with Gasteiger partial charge in [0.2, 0.25) is 0 Å². The maximum Gasteiger partial charge on any atom is 0.337 e. The van der Waals surface area contributed by atoms with E-state index in [9.17, 15) is 4.79 Å². The summed E-state index contributed by atoms with van der Waals surface area (Å²) in [6, 6.07) is 13.5. The van der Waals surface area contributed by atoms with Gasteiger partial charge in [-0.2, -0.15) is 0 Å². The lowest BCUT2D eigenvalue weighted by atomic mass is 10.1. The fraction of sp³-hybridized carbons (Fsp3) is 0.300. The van der Waals surface area contributed by atoms with Gasteiger partial charge in [-0.15, -0.1) is 0 Å². The molecule has 0 aliphatic carbocycles. The highest BCUT2D eigenvalue weighted by molar-refractivity contribution is 5.91. The number of aryl methyl sites for hydroxylation is 1. The first-order valence-corrected chi connectivity index (χ1v) is 8.25. The molecule has 1 fully saturated rings. The van der Waals surface area contributed by atoms with Gasteiger partial charge >= 0.3 is 5.97 Å². The van der Waals surface area contributed by atoms with Crippen molar-refractivity contribution in [3.05, 3.63) is 59.2 Å². The Morgan fingerprint density at radius 3 is 2.67 bits per heavy atom. The molecule has 4 nitrogen and oxygen atoms in total. The van der Waals surface area contributed by atoms with Gasteiger partial charge in [0.25, 0.3) is 0 Å². The van der Waals surface area contributed by atoms with Crippen LogP contribution in [-0.2, 0) is 4.74 Å². The smallest absolute Gasteiger partial charge is 0.337 e. The maximum absolute atomic E-state index is 11.6. The van der Waals surface area contributed by atoms with Crippen molar-refractivity contribution in [2.24, 2.45) is 4.99 Å². The molecule has 1 saturated heterocycles. The van der Waals surface area contributed by atoms with Crippen LogP contribution >= 0.6 is 0 Å². The largest absolute Gasteiger partial charge is 0.465 e. The van der Waals surface area contributed by atoms with Gasteiger partial charge in [-0.3, -0.25) is 4.99 Å². The molecule has 1 aliphatic rings. The number of ether oxygens (including phenoxy) is 1. The van der Waals surface area contributed by atoms with Gasteiger partial charge in [-0.05, 0) is 61.2 Å². The molecule has 3 rings (SSSR count). The number of aliphatic imine (C=N–C) groups is 1. The summed E-state index contributed by atoms with van der Waals surface area (Å²) >= 11 is 0. The van der Waals surface area contributed by atoms with Gasteiger partial charge in [0.05, 0.1) is 18.4 Å². The molecule has 0 aromatic heterocycles. The molecule has 0 radical (unpaired) electrons. The first-order chi connectivity index (χ1) is 11.7. The molecule has 2 aromatic carbocycles. The van der Waals surface area contributed by atoms with E-state index >= 15 is 0 Å². The van der Waals surface area contributed by atoms with Gasteiger partial charge in [-0.25, -0.2) is 4.79 Å². The first-order valence-electron chi connectivity index (χ1n) is 8.25. The lowest BCUT2D eigenvalue weighted by molar-refractivity contribution is 0.0601. The van der Waals surface area contributed by atoms with E-state index in [4.69, 9.17) is 4.74 Å². The normalized spacial score (nSPS) is 14.3. The second-order valence-corrected chi connectivity index (χ2v) is 6.04. The third-order valence-electron chi connectivity index (χ3n) is 4.30. The molecule has 0 bridgehead atoms. The SMILES string of the molecule is COC(=O)c1cccc(N=Cc2ccc(N3CCCC3)c(C)c2)c1. The average Bonchev–Trinajstić information content (AvgIpc) is 3.14. The van der Waals surface area contributed by atoms with Crippen LogP contribution < -0.4 is 4.90 Å². The molecular weight excluding hydrogens is 300 g/mol. The predicted octanol–water partition coefficient (Wildman–Crippen LogP) is 4.13. The fourth-order valence-electron chi connectivity index (χ4n) is 3.05. The van der Waals surface area contributed by atoms with Crippen LogP contribution in [0.25, 0.3) is 0 Å². The zero-order valence-electron chi connectivity index (χ0n) is 14.2. The summed E-state index contributed by atoms with van der Waals surface area (Å²) in [5, 5.41) is 0. The molecule has 2 aromatic rings. The molecule has 0 saturated carbocycles. The van der Waals surface area contributed by atoms with E-state index in [0.29, 0.717) is 5.56 Å². The molecule has 24 heavy (non-hydrogen) atoms. The highest BCUT2D eigenvalue weighted by Gasteiger charge is 2.14. The van der Waals surface area contributed by atoms with Gasteiger partial charge in [0, 0.05) is 25.0 Å². The average molecular weight is 322 g/mol. The van der Waals surface area contributed by atoms with Crippen molar-refractivity contribution in [2.45, 2.75) is 19.8 Å². The summed E-state index contributed by atoms with van der Waals surface area (Å²) in [4.78, 5) is 18.5. The van der Waals surface area contributed by atoms with Crippen LogP contribution in [-0.4, -0.2) is 32.4 Å². The molecule has 4 heteroatoms. The minimum Gasteiger partial charge on any atom is -0.465 e. The molecule has 0 unspecified atom stereocenters. The van der Waals surface area contributed by atoms with Crippen molar-refractivity contribution in [2.75, 3.05) is 25.1 Å². The number of carbonyl (C=O) groups excluding carboxylic acids is 1. The van der Waals surface area contributed by atoms with E-state index in [-0.39, 0.29) is 5.97 Å². The Hall–Kier alpha value is -2.62. The van der Waals surface area contributed by atoms with Crippen molar-refractivity contribution in [3.63, 3.8) is 0 Å². The number of nitrogens with zero attached hydrogens (tertiary/aromatic N) is 2. The Bertz CT molecular complexity index is 762. The highest BCUT2D eigenvalue weighted by atomic mass is 16.5. The Kier molecular flexibility index (Phi) is 4.94. The second kappa shape index (κ2) is 7.30. The zero-order valence-corrected chi connectivity index (χ0v) is 14.2. The van der Waals surface area contributed by atoms with E-state index in [1.165, 1.54) is 31.2 Å². The van der Waals surface area contributed by atoms with Crippen LogP contribution in [0.5, 0.6) is 0 Å². The molecule has 1 aliphatic heterocycles. The summed E-state index contributed by atoms with van der Waals surface area (Å²) in [6.45, 7) is 4.44. The van der Waals surface area contributed by atoms with Crippen molar-refractivity contribution in [1.82, 2.24) is 0 Å². The van der Waals surface area contributed by atoms with Gasteiger partial charge in [0.1, 0.15) is 0 Å². The monoisotopic (exact) mass is 322 g/mol. The third kappa shape index (κ3) is 3.65. The molecule has 0 spiro atoms. The molecule has 1 heterocycles. The molecule has 124 valence electrons. The van der Waals surface area contributed by atoms with Crippen LogP contribution in [0, 0.1) is 6.92 Å². The third-order valence-corrected chi connectivity index (χ3v) is 4.30. The van der Waals surface area contributed by atoms with E-state index < -0.39 is 0 Å². The summed E-state index contributed by atoms with van der Waals surface area (Å²) in [5.74, 6) is -0.349. The fourth-order valence-corrected chi connectivity index (χ4v) is 3.05. The van der Waals surface area contributed by atoms with E-state index in [2.05, 4.69) is 35.0 Å². The molecular formula is C20H22N2O2. The Labute approximate surface area is 142 Å². The quantitative estimate of drug-likeness (QED) is 0.628. The van der Waals surface area contributed by atoms with Crippen LogP contribution in [0.1, 0.15) is 34.3 Å². The number of rotatable bonds is 4. The Morgan fingerprint density at radius 1 is 1.17 bits per heavy atom.